The Kier molecular flexibility index (Phi) is 5.25. The van der Waals surface area contributed by atoms with Crippen LogP contribution in [0.3, 0.4) is 0 Å². The third kappa shape index (κ3) is 3.12. The lowest BCUT2D eigenvalue weighted by atomic mass is 9.45. The molecule has 4 aliphatic carbocycles. The number of hydrogen-bond acceptors (Lipinski definition) is 2. The summed E-state index contributed by atoms with van der Waals surface area (Å²) in [5.41, 5.74) is 0.693. The van der Waals surface area contributed by atoms with Gasteiger partial charge in [0.25, 0.3) is 0 Å². The van der Waals surface area contributed by atoms with E-state index in [2.05, 4.69) is 52.8 Å². The zero-order valence-corrected chi connectivity index (χ0v) is 19.1. The van der Waals surface area contributed by atoms with Crippen molar-refractivity contribution in [2.24, 2.45) is 40.4 Å². The second-order valence-electron chi connectivity index (χ2n) is 11.4. The van der Waals surface area contributed by atoms with Crippen LogP contribution in [0.2, 0.25) is 0 Å². The quantitative estimate of drug-likeness (QED) is 0.569. The molecule has 29 heavy (non-hydrogen) atoms. The van der Waals surface area contributed by atoms with Gasteiger partial charge >= 0.3 is 0 Å². The first-order chi connectivity index (χ1) is 13.6. The van der Waals surface area contributed by atoms with Crippen molar-refractivity contribution in [3.8, 4) is 0 Å². The zero-order chi connectivity index (χ0) is 21.0. The minimum atomic E-state index is -0.565. The monoisotopic (exact) mass is 396 g/mol. The number of ketones is 1. The molecular formula is C27H40O2. The van der Waals surface area contributed by atoms with E-state index in [9.17, 15) is 9.90 Å². The smallest absolute Gasteiger partial charge is 0.178 e. The summed E-state index contributed by atoms with van der Waals surface area (Å²) < 4.78 is 0. The van der Waals surface area contributed by atoms with Gasteiger partial charge in [-0.15, -0.1) is 0 Å². The summed E-state index contributed by atoms with van der Waals surface area (Å²) in [5.74, 6) is 2.72. The van der Waals surface area contributed by atoms with Crippen molar-refractivity contribution in [2.75, 3.05) is 0 Å². The first-order valence-corrected chi connectivity index (χ1v) is 11.9. The van der Waals surface area contributed by atoms with Gasteiger partial charge in [0.1, 0.15) is 0 Å². The normalized spacial score (nSPS) is 45.1. The lowest BCUT2D eigenvalue weighted by Crippen LogP contribution is -2.60. The zero-order valence-electron chi connectivity index (χ0n) is 19.1. The fourth-order valence-corrected chi connectivity index (χ4v) is 7.75. The van der Waals surface area contributed by atoms with E-state index in [-0.39, 0.29) is 16.6 Å². The van der Waals surface area contributed by atoms with E-state index in [0.717, 1.165) is 44.9 Å². The van der Waals surface area contributed by atoms with Crippen LogP contribution in [0, 0.1) is 40.4 Å². The molecule has 0 aromatic heterocycles. The molecule has 0 aromatic rings. The molecule has 0 unspecified atom stereocenters. The molecule has 160 valence electrons. The maximum absolute atomic E-state index is 12.2. The lowest BCUT2D eigenvalue weighted by Gasteiger charge is -2.61. The van der Waals surface area contributed by atoms with Gasteiger partial charge in [-0.3, -0.25) is 4.79 Å². The van der Waals surface area contributed by atoms with Crippen LogP contribution in [-0.4, -0.2) is 16.5 Å². The van der Waals surface area contributed by atoms with Gasteiger partial charge in [-0.2, -0.15) is 0 Å². The van der Waals surface area contributed by atoms with Gasteiger partial charge in [0.2, 0.25) is 0 Å². The minimum absolute atomic E-state index is 0.00152. The third-order valence-corrected chi connectivity index (χ3v) is 9.50. The fraction of sp³-hybridized carbons (Fsp3) is 0.741. The van der Waals surface area contributed by atoms with Crippen molar-refractivity contribution < 1.29 is 9.90 Å². The number of rotatable bonds is 4. The van der Waals surface area contributed by atoms with Gasteiger partial charge in [0.15, 0.2) is 5.78 Å². The number of carbonyl (C=O) groups excluding carboxylic acids is 1. The number of hydrogen-bond donors (Lipinski definition) is 1. The Morgan fingerprint density at radius 1 is 1.14 bits per heavy atom. The number of aliphatic hydroxyl groups is 1. The van der Waals surface area contributed by atoms with Crippen molar-refractivity contribution in [1.29, 1.82) is 0 Å². The molecule has 0 radical (unpaired) electrons. The molecule has 4 rings (SSSR count). The first-order valence-electron chi connectivity index (χ1n) is 11.9. The Labute approximate surface area is 177 Å². The molecule has 2 nitrogen and oxygen atoms in total. The Morgan fingerprint density at radius 2 is 1.90 bits per heavy atom. The molecule has 0 saturated heterocycles. The highest BCUT2D eigenvalue weighted by Gasteiger charge is 2.66. The van der Waals surface area contributed by atoms with E-state index in [0.29, 0.717) is 29.6 Å². The van der Waals surface area contributed by atoms with Gasteiger partial charge in [-0.05, 0) is 92.1 Å². The Bertz CT molecular complexity index is 758. The second kappa shape index (κ2) is 7.22. The van der Waals surface area contributed by atoms with Gasteiger partial charge in [0, 0.05) is 5.41 Å². The number of carbonyl (C=O) groups is 1. The largest absolute Gasteiger partial charge is 0.389 e. The molecule has 2 heteroatoms. The van der Waals surface area contributed by atoms with Crippen LogP contribution in [0.15, 0.2) is 36.0 Å². The van der Waals surface area contributed by atoms with Crippen LogP contribution >= 0.6 is 0 Å². The van der Waals surface area contributed by atoms with Crippen molar-refractivity contribution in [2.45, 2.75) is 85.2 Å². The number of fused-ring (bicyclic) bond motifs is 5. The van der Waals surface area contributed by atoms with Gasteiger partial charge in [0.05, 0.1) is 5.60 Å². The van der Waals surface area contributed by atoms with Gasteiger partial charge < -0.3 is 5.11 Å². The maximum Gasteiger partial charge on any atom is 0.178 e. The Hall–Kier alpha value is -1.15. The highest BCUT2D eigenvalue weighted by atomic mass is 16.3. The molecule has 4 aliphatic rings. The first kappa shape index (κ1) is 21.1. The molecule has 3 saturated carbocycles. The summed E-state index contributed by atoms with van der Waals surface area (Å²) in [6.45, 7) is 11.6. The minimum Gasteiger partial charge on any atom is -0.389 e. The van der Waals surface area contributed by atoms with E-state index >= 15 is 0 Å². The van der Waals surface area contributed by atoms with Crippen LogP contribution in [-0.2, 0) is 4.79 Å². The predicted molar refractivity (Wildman–Crippen MR) is 119 cm³/mol. The average Bonchev–Trinajstić information content (AvgIpc) is 2.93. The van der Waals surface area contributed by atoms with Crippen LogP contribution in [0.4, 0.5) is 0 Å². The van der Waals surface area contributed by atoms with Crippen LogP contribution in [0.1, 0.15) is 79.6 Å². The molecule has 0 aliphatic heterocycles. The molecule has 1 N–H and O–H groups in total. The summed E-state index contributed by atoms with van der Waals surface area (Å²) >= 11 is 0. The second-order valence-corrected chi connectivity index (χ2v) is 11.4. The fourth-order valence-electron chi connectivity index (χ4n) is 7.75. The van der Waals surface area contributed by atoms with E-state index in [1.54, 1.807) is 6.08 Å². The van der Waals surface area contributed by atoms with E-state index in [1.807, 2.05) is 6.08 Å². The third-order valence-electron chi connectivity index (χ3n) is 9.50. The molecule has 3 fully saturated rings. The summed E-state index contributed by atoms with van der Waals surface area (Å²) in [6.07, 6.45) is 18.1. The summed E-state index contributed by atoms with van der Waals surface area (Å²) in [6, 6.07) is 0. The average molecular weight is 397 g/mol. The molecule has 0 amide bonds. The van der Waals surface area contributed by atoms with Crippen LogP contribution in [0.5, 0.6) is 0 Å². The number of allylic oxidation sites excluding steroid dienone is 6. The van der Waals surface area contributed by atoms with Gasteiger partial charge in [-0.25, -0.2) is 0 Å². The summed E-state index contributed by atoms with van der Waals surface area (Å²) in [7, 11) is 0. The van der Waals surface area contributed by atoms with E-state index in [4.69, 9.17) is 0 Å². The molecule has 0 aromatic carbocycles. The Morgan fingerprint density at radius 3 is 2.62 bits per heavy atom. The van der Waals surface area contributed by atoms with Gasteiger partial charge in [-0.1, -0.05) is 58.4 Å². The van der Waals surface area contributed by atoms with E-state index < -0.39 is 5.60 Å². The maximum atomic E-state index is 12.2. The standard InChI is InChI=1S/C27H40O2/c1-18(2)7-6-8-19(3)22-13-16-27(29)24-10-9-20-17-21(28)11-14-25(20,4)23(24)12-15-26(22,27)5/h6,8,11,14,17-19,22-24,29H,7,9-10,12-13,15-16H2,1-5H3/b8-6+/t19-,22-,23+,24-,25+,26-,27-/m1/s1. The van der Waals surface area contributed by atoms with Crippen LogP contribution < -0.4 is 0 Å². The molecule has 0 spiro atoms. The predicted octanol–water partition coefficient (Wildman–Crippen LogP) is 6.26. The Balaban J connectivity index is 1.60. The molecule has 0 bridgehead atoms. The van der Waals surface area contributed by atoms with Crippen molar-refractivity contribution >= 4 is 5.78 Å². The van der Waals surface area contributed by atoms with Crippen LogP contribution in [0.25, 0.3) is 0 Å². The molecule has 7 atom stereocenters. The SMILES string of the molecule is CC(C)C/C=C/[C@@H](C)[C@H]1CC[C@@]2(O)[C@@H]3CCC4=CC(=O)C=C[C@]4(C)[C@H]3CC[C@]12C. The summed E-state index contributed by atoms with van der Waals surface area (Å²) in [5, 5.41) is 12.2. The topological polar surface area (TPSA) is 37.3 Å². The summed E-state index contributed by atoms with van der Waals surface area (Å²) in [4.78, 5) is 11.9. The highest BCUT2D eigenvalue weighted by molar-refractivity contribution is 6.01. The van der Waals surface area contributed by atoms with Crippen molar-refractivity contribution in [3.05, 3.63) is 36.0 Å². The van der Waals surface area contributed by atoms with E-state index in [1.165, 1.54) is 5.57 Å². The molecular weight excluding hydrogens is 356 g/mol. The van der Waals surface area contributed by atoms with Crippen molar-refractivity contribution in [1.82, 2.24) is 0 Å². The highest BCUT2D eigenvalue weighted by Crippen LogP contribution is 2.68. The molecule has 0 heterocycles. The lowest BCUT2D eigenvalue weighted by molar-refractivity contribution is -0.180. The van der Waals surface area contributed by atoms with Crippen molar-refractivity contribution in [3.63, 3.8) is 0 Å².